The number of carbonyl (C=O) groups is 1. The van der Waals surface area contributed by atoms with Crippen LogP contribution in [0.15, 0.2) is 0 Å². The highest BCUT2D eigenvalue weighted by molar-refractivity contribution is 5.81. The van der Waals surface area contributed by atoms with Crippen molar-refractivity contribution < 1.29 is 4.79 Å². The summed E-state index contributed by atoms with van der Waals surface area (Å²) < 4.78 is 0. The molecule has 2 N–H and O–H groups in total. The number of nitrogens with two attached hydrogens (primary N) is 1. The summed E-state index contributed by atoms with van der Waals surface area (Å²) >= 11 is 0. The van der Waals surface area contributed by atoms with E-state index >= 15 is 0 Å². The highest BCUT2D eigenvalue weighted by Gasteiger charge is 2.26. The molecule has 1 rings (SSSR count). The highest BCUT2D eigenvalue weighted by atomic mass is 16.2. The van der Waals surface area contributed by atoms with E-state index in [0.717, 1.165) is 38.8 Å². The van der Waals surface area contributed by atoms with Crippen molar-refractivity contribution in [3.8, 4) is 0 Å². The van der Waals surface area contributed by atoms with Crippen LogP contribution in [0.1, 0.15) is 39.5 Å². The van der Waals surface area contributed by atoms with Gasteiger partial charge in [-0.05, 0) is 18.8 Å². The fraction of sp³-hybridized carbons (Fsp3) is 0.909. The van der Waals surface area contributed by atoms with Crippen LogP contribution in [0, 0.1) is 5.92 Å². The van der Waals surface area contributed by atoms with Crippen LogP contribution in [0.25, 0.3) is 0 Å². The second kappa shape index (κ2) is 5.35. The Balaban J connectivity index is 2.32. The first-order chi connectivity index (χ1) is 6.65. The number of hydrogen-bond acceptors (Lipinski definition) is 2. The summed E-state index contributed by atoms with van der Waals surface area (Å²) in [5.41, 5.74) is 5.84. The zero-order valence-corrected chi connectivity index (χ0v) is 9.33. The Morgan fingerprint density at radius 1 is 1.64 bits per heavy atom. The molecule has 1 heterocycles. The van der Waals surface area contributed by atoms with Gasteiger partial charge < -0.3 is 10.6 Å². The minimum absolute atomic E-state index is 0.155. The molecule has 1 amide bonds. The number of rotatable bonds is 4. The second-order valence-electron chi connectivity index (χ2n) is 4.43. The van der Waals surface area contributed by atoms with Crippen molar-refractivity contribution in [1.82, 2.24) is 4.90 Å². The van der Waals surface area contributed by atoms with Crippen molar-refractivity contribution in [2.24, 2.45) is 11.7 Å². The van der Waals surface area contributed by atoms with E-state index in [0.29, 0.717) is 5.92 Å². The third-order valence-electron chi connectivity index (χ3n) is 2.92. The summed E-state index contributed by atoms with van der Waals surface area (Å²) in [6.45, 7) is 6.11. The van der Waals surface area contributed by atoms with Gasteiger partial charge in [0.05, 0.1) is 6.04 Å². The van der Waals surface area contributed by atoms with Gasteiger partial charge in [0.2, 0.25) is 5.91 Å². The van der Waals surface area contributed by atoms with E-state index < -0.39 is 0 Å². The van der Waals surface area contributed by atoms with Gasteiger partial charge in [-0.2, -0.15) is 0 Å². The molecule has 3 nitrogen and oxygen atoms in total. The number of amides is 1. The van der Waals surface area contributed by atoms with Gasteiger partial charge in [-0.1, -0.05) is 26.7 Å². The molecule has 2 atom stereocenters. The minimum atomic E-state index is -0.264. The second-order valence-corrected chi connectivity index (χ2v) is 4.43. The topological polar surface area (TPSA) is 46.3 Å². The van der Waals surface area contributed by atoms with Gasteiger partial charge in [0.15, 0.2) is 0 Å². The van der Waals surface area contributed by atoms with Gasteiger partial charge in [-0.25, -0.2) is 0 Å². The fourth-order valence-electron chi connectivity index (χ4n) is 1.92. The first kappa shape index (κ1) is 11.5. The van der Waals surface area contributed by atoms with E-state index in [9.17, 15) is 4.79 Å². The summed E-state index contributed by atoms with van der Waals surface area (Å²) in [6.07, 6.45) is 4.13. The zero-order valence-electron chi connectivity index (χ0n) is 9.33. The Labute approximate surface area is 86.6 Å². The molecule has 0 aromatic carbocycles. The van der Waals surface area contributed by atoms with Crippen LogP contribution in [-0.4, -0.2) is 29.9 Å². The zero-order chi connectivity index (χ0) is 10.6. The Morgan fingerprint density at radius 2 is 2.36 bits per heavy atom. The lowest BCUT2D eigenvalue weighted by molar-refractivity contribution is -0.131. The predicted octanol–water partition coefficient (Wildman–Crippen LogP) is 1.37. The maximum Gasteiger partial charge on any atom is 0.239 e. The van der Waals surface area contributed by atoms with Crippen molar-refractivity contribution in [1.29, 1.82) is 0 Å². The van der Waals surface area contributed by atoms with E-state index in [4.69, 9.17) is 5.73 Å². The Bertz CT molecular complexity index is 194. The van der Waals surface area contributed by atoms with Crippen molar-refractivity contribution in [3.05, 3.63) is 0 Å². The fourth-order valence-corrected chi connectivity index (χ4v) is 1.92. The molecule has 0 aromatic heterocycles. The van der Waals surface area contributed by atoms with Crippen LogP contribution >= 0.6 is 0 Å². The van der Waals surface area contributed by atoms with E-state index in [1.807, 2.05) is 4.90 Å². The predicted molar refractivity (Wildman–Crippen MR) is 57.9 cm³/mol. The normalized spacial score (nSPS) is 23.9. The van der Waals surface area contributed by atoms with E-state index in [1.54, 1.807) is 0 Å². The van der Waals surface area contributed by atoms with Gasteiger partial charge in [-0.3, -0.25) is 4.79 Å². The van der Waals surface area contributed by atoms with Crippen LogP contribution in [0.5, 0.6) is 0 Å². The van der Waals surface area contributed by atoms with Crippen LogP contribution in [0.4, 0.5) is 0 Å². The average molecular weight is 198 g/mol. The summed E-state index contributed by atoms with van der Waals surface area (Å²) in [4.78, 5) is 13.7. The summed E-state index contributed by atoms with van der Waals surface area (Å²) in [6, 6.07) is -0.264. The van der Waals surface area contributed by atoms with Crippen molar-refractivity contribution >= 4 is 5.91 Å². The molecule has 1 saturated heterocycles. The number of unbranched alkanes of at least 4 members (excludes halogenated alkanes) is 1. The summed E-state index contributed by atoms with van der Waals surface area (Å²) in [5.74, 6) is 0.806. The molecule has 1 aliphatic heterocycles. The Morgan fingerprint density at radius 3 is 2.86 bits per heavy atom. The first-order valence-corrected chi connectivity index (χ1v) is 5.69. The van der Waals surface area contributed by atoms with E-state index in [1.165, 1.54) is 0 Å². The molecule has 0 spiro atoms. The van der Waals surface area contributed by atoms with Crippen LogP contribution in [0.3, 0.4) is 0 Å². The van der Waals surface area contributed by atoms with Gasteiger partial charge in [0, 0.05) is 13.1 Å². The third kappa shape index (κ3) is 2.98. The molecular weight excluding hydrogens is 176 g/mol. The maximum absolute atomic E-state index is 11.8. The lowest BCUT2D eigenvalue weighted by atomic mass is 10.1. The molecular formula is C11H22N2O. The van der Waals surface area contributed by atoms with Crippen LogP contribution < -0.4 is 5.73 Å². The smallest absolute Gasteiger partial charge is 0.239 e. The molecule has 0 aliphatic carbocycles. The molecule has 3 heteroatoms. The van der Waals surface area contributed by atoms with Crippen LogP contribution in [0.2, 0.25) is 0 Å². The van der Waals surface area contributed by atoms with Gasteiger partial charge >= 0.3 is 0 Å². The number of likely N-dealkylation sites (tertiary alicyclic amines) is 1. The quantitative estimate of drug-likeness (QED) is 0.741. The molecule has 1 aliphatic rings. The first-order valence-electron chi connectivity index (χ1n) is 5.69. The number of carbonyl (C=O) groups excluding carboxylic acids is 1. The molecule has 0 bridgehead atoms. The summed E-state index contributed by atoms with van der Waals surface area (Å²) in [7, 11) is 0. The Kier molecular flexibility index (Phi) is 4.39. The molecule has 82 valence electrons. The maximum atomic E-state index is 11.8. The van der Waals surface area contributed by atoms with E-state index in [2.05, 4.69) is 13.8 Å². The summed E-state index contributed by atoms with van der Waals surface area (Å²) in [5, 5.41) is 0. The van der Waals surface area contributed by atoms with Crippen molar-refractivity contribution in [2.45, 2.75) is 45.6 Å². The molecule has 0 aromatic rings. The molecule has 1 fully saturated rings. The number of nitrogens with zero attached hydrogens (tertiary/aromatic N) is 1. The van der Waals surface area contributed by atoms with Gasteiger partial charge in [0.1, 0.15) is 0 Å². The lowest BCUT2D eigenvalue weighted by Gasteiger charge is -2.20. The van der Waals surface area contributed by atoms with Gasteiger partial charge in [0.25, 0.3) is 0 Å². The van der Waals surface area contributed by atoms with Crippen molar-refractivity contribution in [3.63, 3.8) is 0 Å². The van der Waals surface area contributed by atoms with Crippen molar-refractivity contribution in [2.75, 3.05) is 13.1 Å². The Hall–Kier alpha value is -0.570. The third-order valence-corrected chi connectivity index (χ3v) is 2.92. The minimum Gasteiger partial charge on any atom is -0.341 e. The molecule has 14 heavy (non-hydrogen) atoms. The lowest BCUT2D eigenvalue weighted by Crippen LogP contribution is -2.42. The molecule has 0 radical (unpaired) electrons. The van der Waals surface area contributed by atoms with Gasteiger partial charge in [-0.15, -0.1) is 0 Å². The number of hydrogen-bond donors (Lipinski definition) is 1. The SMILES string of the molecule is CCCCC(N)C(=O)N1CCC(C)C1. The monoisotopic (exact) mass is 198 g/mol. The van der Waals surface area contributed by atoms with Crippen LogP contribution in [-0.2, 0) is 4.79 Å². The van der Waals surface area contributed by atoms with E-state index in [-0.39, 0.29) is 11.9 Å². The highest BCUT2D eigenvalue weighted by Crippen LogP contribution is 2.16. The largest absolute Gasteiger partial charge is 0.341 e. The molecule has 0 saturated carbocycles. The molecule has 2 unspecified atom stereocenters. The standard InChI is InChI=1S/C11H22N2O/c1-3-4-5-10(12)11(14)13-7-6-9(2)8-13/h9-10H,3-8,12H2,1-2H3. The average Bonchev–Trinajstić information content (AvgIpc) is 2.60.